The summed E-state index contributed by atoms with van der Waals surface area (Å²) in [4.78, 5) is 33.1. The Kier molecular flexibility index (Phi) is 8.87. The first-order chi connectivity index (χ1) is 19.7. The summed E-state index contributed by atoms with van der Waals surface area (Å²) < 4.78 is 12.5. The molecule has 42 heavy (non-hydrogen) atoms. The minimum absolute atomic E-state index is 0. The summed E-state index contributed by atoms with van der Waals surface area (Å²) in [6.07, 6.45) is 2.90. The van der Waals surface area contributed by atoms with Gasteiger partial charge in [0.15, 0.2) is 5.82 Å². The quantitative estimate of drug-likeness (QED) is 0.264. The van der Waals surface area contributed by atoms with E-state index < -0.39 is 5.76 Å². The molecular formula is C33H33KN4O4. The zero-order valence-electron chi connectivity index (χ0n) is 23.7. The van der Waals surface area contributed by atoms with Gasteiger partial charge in [-0.2, -0.15) is 0 Å². The molecule has 2 aromatic heterocycles. The van der Waals surface area contributed by atoms with Crippen LogP contribution in [0.5, 0.6) is 5.75 Å². The number of hydrogen-bond acceptors (Lipinski definition) is 6. The molecule has 3 heterocycles. The van der Waals surface area contributed by atoms with Crippen LogP contribution in [-0.2, 0) is 19.3 Å². The first-order valence-electron chi connectivity index (χ1n) is 13.9. The van der Waals surface area contributed by atoms with Gasteiger partial charge in [-0.1, -0.05) is 67.0 Å². The van der Waals surface area contributed by atoms with Gasteiger partial charge in [0.1, 0.15) is 17.2 Å². The maximum absolute atomic E-state index is 14.1. The van der Waals surface area contributed by atoms with E-state index in [9.17, 15) is 9.59 Å². The van der Waals surface area contributed by atoms with Crippen molar-refractivity contribution in [3.63, 3.8) is 0 Å². The first-order valence-corrected chi connectivity index (χ1v) is 13.9. The number of aromatic nitrogens is 4. The molecule has 6 rings (SSSR count). The minimum atomic E-state index is -0.595. The number of fused-ring (bicyclic) bond motifs is 1. The van der Waals surface area contributed by atoms with Crippen LogP contribution in [0.25, 0.3) is 28.2 Å². The molecule has 9 heteroatoms. The standard InChI is InChI=1S/C33H32N4O4.K.H/c1-5-8-28-27(31(38)37(20(2)34-28)24-15-16-29-23(18-24)19-33(3,4)40-29)17-21-11-13-22(14-12-21)25-9-6-7-10-26(25)30-35-32(39)41-36-30;;/h6-7,9-16,18H,5,8,17,19H2,1-4H3,(H,35,36,39);;. The molecule has 0 bridgehead atoms. The van der Waals surface area contributed by atoms with Crippen molar-refractivity contribution < 1.29 is 9.26 Å². The van der Waals surface area contributed by atoms with Gasteiger partial charge in [0.2, 0.25) is 0 Å². The third kappa shape index (κ3) is 6.02. The molecule has 0 saturated carbocycles. The second-order valence-corrected chi connectivity index (χ2v) is 11.2. The van der Waals surface area contributed by atoms with E-state index in [-0.39, 0.29) is 62.5 Å². The Morgan fingerprint density at radius 3 is 2.43 bits per heavy atom. The van der Waals surface area contributed by atoms with Crippen molar-refractivity contribution in [3.8, 4) is 34.0 Å². The number of hydrogen-bond donors (Lipinski definition) is 1. The molecule has 0 atom stereocenters. The predicted molar refractivity (Wildman–Crippen MR) is 165 cm³/mol. The Labute approximate surface area is 286 Å². The van der Waals surface area contributed by atoms with E-state index >= 15 is 0 Å². The van der Waals surface area contributed by atoms with Gasteiger partial charge in [0.25, 0.3) is 5.56 Å². The molecule has 0 saturated heterocycles. The van der Waals surface area contributed by atoms with Crippen LogP contribution in [0.1, 0.15) is 55.4 Å². The van der Waals surface area contributed by atoms with E-state index in [1.54, 1.807) is 4.57 Å². The topological polar surface area (TPSA) is 103 Å². The number of rotatable bonds is 7. The number of benzene rings is 3. The zero-order valence-corrected chi connectivity index (χ0v) is 23.7. The van der Waals surface area contributed by atoms with Crippen molar-refractivity contribution in [1.82, 2.24) is 19.7 Å². The summed E-state index contributed by atoms with van der Waals surface area (Å²) in [5, 5.41) is 3.85. The Bertz CT molecular complexity index is 1870. The average Bonchev–Trinajstić information content (AvgIpc) is 3.52. The fourth-order valence-corrected chi connectivity index (χ4v) is 5.67. The van der Waals surface area contributed by atoms with Crippen LogP contribution in [0.15, 0.2) is 80.8 Å². The summed E-state index contributed by atoms with van der Waals surface area (Å²) in [7, 11) is 0. The van der Waals surface area contributed by atoms with E-state index in [4.69, 9.17) is 14.2 Å². The van der Waals surface area contributed by atoms with Gasteiger partial charge < -0.3 is 4.74 Å². The number of H-pyrrole nitrogens is 1. The third-order valence-corrected chi connectivity index (χ3v) is 7.49. The second-order valence-electron chi connectivity index (χ2n) is 11.2. The monoisotopic (exact) mass is 588 g/mol. The van der Waals surface area contributed by atoms with Gasteiger partial charge in [-0.25, -0.2) is 9.78 Å². The van der Waals surface area contributed by atoms with Crippen molar-refractivity contribution in [2.24, 2.45) is 0 Å². The Balaban J connectivity index is 0.00000353. The van der Waals surface area contributed by atoms with Crippen LogP contribution < -0.4 is 16.1 Å². The van der Waals surface area contributed by atoms with E-state index in [0.717, 1.165) is 64.2 Å². The van der Waals surface area contributed by atoms with Gasteiger partial charge in [0.05, 0.1) is 11.4 Å². The van der Waals surface area contributed by atoms with E-state index in [2.05, 4.69) is 37.0 Å². The fraction of sp³-hybridized carbons (Fsp3) is 0.273. The summed E-state index contributed by atoms with van der Waals surface area (Å²) in [5.41, 5.74) is 6.83. The Morgan fingerprint density at radius 2 is 1.74 bits per heavy atom. The molecule has 1 aliphatic heterocycles. The molecule has 3 aromatic carbocycles. The molecule has 0 amide bonds. The molecule has 8 nitrogen and oxygen atoms in total. The van der Waals surface area contributed by atoms with Gasteiger partial charge in [-0.15, -0.1) is 0 Å². The summed E-state index contributed by atoms with van der Waals surface area (Å²) in [6, 6.07) is 21.7. The average molecular weight is 589 g/mol. The molecule has 0 unspecified atom stereocenters. The van der Waals surface area contributed by atoms with Crippen LogP contribution >= 0.6 is 0 Å². The van der Waals surface area contributed by atoms with Gasteiger partial charge in [0, 0.05) is 29.5 Å². The molecule has 0 radical (unpaired) electrons. The summed E-state index contributed by atoms with van der Waals surface area (Å²) >= 11 is 0. The SMILES string of the molecule is CCCc1nc(C)n(-c2ccc3c(c2)CC(C)(C)O3)c(=O)c1Cc1ccc(-c2ccccc2-c2noc(=O)[nH]2)cc1.[KH]. The third-order valence-electron chi connectivity index (χ3n) is 7.49. The molecule has 0 spiro atoms. The van der Waals surface area contributed by atoms with Crippen LogP contribution in [-0.4, -0.2) is 76.7 Å². The molecule has 1 N–H and O–H groups in total. The number of nitrogens with zero attached hydrogens (tertiary/aromatic N) is 3. The van der Waals surface area contributed by atoms with E-state index in [0.29, 0.717) is 23.6 Å². The van der Waals surface area contributed by atoms with Crippen LogP contribution in [0, 0.1) is 6.92 Å². The van der Waals surface area contributed by atoms with Crippen LogP contribution in [0.3, 0.4) is 0 Å². The van der Waals surface area contributed by atoms with Crippen molar-refractivity contribution in [2.45, 2.75) is 59.0 Å². The van der Waals surface area contributed by atoms with Gasteiger partial charge in [-0.3, -0.25) is 18.9 Å². The van der Waals surface area contributed by atoms with E-state index in [1.165, 1.54) is 0 Å². The summed E-state index contributed by atoms with van der Waals surface area (Å²) in [6.45, 7) is 8.14. The zero-order chi connectivity index (χ0) is 28.7. The second kappa shape index (κ2) is 12.3. The first kappa shape index (κ1) is 30.4. The van der Waals surface area contributed by atoms with Crippen molar-refractivity contribution >= 4 is 51.4 Å². The molecule has 0 aliphatic carbocycles. The normalized spacial score (nSPS) is 13.3. The molecule has 5 aromatic rings. The molecule has 210 valence electrons. The van der Waals surface area contributed by atoms with Crippen molar-refractivity contribution in [2.75, 3.05) is 0 Å². The van der Waals surface area contributed by atoms with Gasteiger partial charge >= 0.3 is 57.1 Å². The predicted octanol–water partition coefficient (Wildman–Crippen LogP) is 5.16. The number of nitrogens with one attached hydrogen (secondary N) is 1. The van der Waals surface area contributed by atoms with Gasteiger partial charge in [-0.05, 0) is 62.1 Å². The van der Waals surface area contributed by atoms with Crippen molar-refractivity contribution in [3.05, 3.63) is 116 Å². The summed E-state index contributed by atoms with van der Waals surface area (Å²) in [5.74, 6) is 1.34. The maximum atomic E-state index is 14.1. The number of ether oxygens (including phenoxy) is 1. The Hall–Kier alpha value is -3.08. The Morgan fingerprint density at radius 1 is 1.00 bits per heavy atom. The molecule has 0 fully saturated rings. The molecular weight excluding hydrogens is 555 g/mol. The fourth-order valence-electron chi connectivity index (χ4n) is 5.67. The van der Waals surface area contributed by atoms with E-state index in [1.807, 2.05) is 67.6 Å². The van der Waals surface area contributed by atoms with Crippen molar-refractivity contribution in [1.29, 1.82) is 0 Å². The van der Waals surface area contributed by atoms with Crippen LogP contribution in [0.4, 0.5) is 0 Å². The molecule has 1 aliphatic rings. The number of aryl methyl sites for hydroxylation is 2. The number of aromatic amines is 1. The van der Waals surface area contributed by atoms with Crippen LogP contribution in [0.2, 0.25) is 0 Å².